The van der Waals surface area contributed by atoms with E-state index >= 15 is 0 Å². The van der Waals surface area contributed by atoms with Crippen molar-refractivity contribution in [3.63, 3.8) is 0 Å². The second-order valence-corrected chi connectivity index (χ2v) is 4.95. The summed E-state index contributed by atoms with van der Waals surface area (Å²) < 4.78 is 5.87. The lowest BCUT2D eigenvalue weighted by atomic mass is 9.92. The standard InChI is InChI=1S/C13H29NO/c1-7-14-13(11(5)6)12(15-8-2)9-10(3)4/h10-14H,7-9H2,1-6H3. The number of rotatable bonds is 8. The van der Waals surface area contributed by atoms with Crippen molar-refractivity contribution in [1.82, 2.24) is 5.32 Å². The first kappa shape index (κ1) is 14.9. The van der Waals surface area contributed by atoms with Crippen molar-refractivity contribution < 1.29 is 4.74 Å². The number of ether oxygens (including phenoxy) is 1. The Balaban J connectivity index is 4.36. The van der Waals surface area contributed by atoms with Crippen LogP contribution in [0.3, 0.4) is 0 Å². The van der Waals surface area contributed by atoms with Crippen molar-refractivity contribution >= 4 is 0 Å². The molecule has 0 aromatic carbocycles. The molecule has 0 spiro atoms. The summed E-state index contributed by atoms with van der Waals surface area (Å²) in [7, 11) is 0. The van der Waals surface area contributed by atoms with Crippen LogP contribution in [0.1, 0.15) is 48.0 Å². The maximum atomic E-state index is 5.87. The normalized spacial score (nSPS) is 16.0. The molecule has 1 N–H and O–H groups in total. The third-order valence-corrected chi connectivity index (χ3v) is 2.64. The van der Waals surface area contributed by atoms with E-state index in [1.807, 2.05) is 0 Å². The number of hydrogen-bond donors (Lipinski definition) is 1. The topological polar surface area (TPSA) is 21.3 Å². The van der Waals surface area contributed by atoms with Gasteiger partial charge in [0.25, 0.3) is 0 Å². The van der Waals surface area contributed by atoms with E-state index in [1.54, 1.807) is 0 Å². The van der Waals surface area contributed by atoms with Crippen LogP contribution in [0.25, 0.3) is 0 Å². The fourth-order valence-electron chi connectivity index (χ4n) is 2.03. The molecule has 0 saturated heterocycles. The molecule has 0 aromatic heterocycles. The van der Waals surface area contributed by atoms with Crippen LogP contribution in [-0.2, 0) is 4.74 Å². The SMILES string of the molecule is CCNC(C(C)C)C(CC(C)C)OCC. The van der Waals surface area contributed by atoms with Crippen LogP contribution in [0.2, 0.25) is 0 Å². The molecule has 2 nitrogen and oxygen atoms in total. The minimum Gasteiger partial charge on any atom is -0.377 e. The first-order chi connectivity index (χ1) is 7.02. The molecule has 0 radical (unpaired) electrons. The second-order valence-electron chi connectivity index (χ2n) is 4.95. The van der Waals surface area contributed by atoms with Gasteiger partial charge in [0, 0.05) is 12.6 Å². The van der Waals surface area contributed by atoms with Crippen molar-refractivity contribution in [2.75, 3.05) is 13.2 Å². The van der Waals surface area contributed by atoms with Crippen LogP contribution in [0, 0.1) is 11.8 Å². The Kier molecular flexibility index (Phi) is 8.07. The zero-order chi connectivity index (χ0) is 11.8. The van der Waals surface area contributed by atoms with Crippen LogP contribution >= 0.6 is 0 Å². The summed E-state index contributed by atoms with van der Waals surface area (Å²) in [5.41, 5.74) is 0. The van der Waals surface area contributed by atoms with Crippen LogP contribution in [0.5, 0.6) is 0 Å². The van der Waals surface area contributed by atoms with E-state index in [2.05, 4.69) is 46.9 Å². The van der Waals surface area contributed by atoms with E-state index in [0.717, 1.165) is 19.6 Å². The Hall–Kier alpha value is -0.0800. The Morgan fingerprint density at radius 3 is 2.00 bits per heavy atom. The highest BCUT2D eigenvalue weighted by atomic mass is 16.5. The first-order valence-electron chi connectivity index (χ1n) is 6.37. The Labute approximate surface area is 95.8 Å². The van der Waals surface area contributed by atoms with E-state index in [4.69, 9.17) is 4.74 Å². The Morgan fingerprint density at radius 2 is 1.67 bits per heavy atom. The highest BCUT2D eigenvalue weighted by Gasteiger charge is 2.24. The first-order valence-corrected chi connectivity index (χ1v) is 6.37. The van der Waals surface area contributed by atoms with Crippen molar-refractivity contribution in [2.24, 2.45) is 11.8 Å². The summed E-state index contributed by atoms with van der Waals surface area (Å²) in [6.07, 6.45) is 1.50. The molecule has 0 bridgehead atoms. The van der Waals surface area contributed by atoms with Gasteiger partial charge in [-0.05, 0) is 31.7 Å². The Bertz CT molecular complexity index is 145. The summed E-state index contributed by atoms with van der Waals surface area (Å²) in [6, 6.07) is 0.484. The van der Waals surface area contributed by atoms with E-state index in [0.29, 0.717) is 24.0 Å². The predicted molar refractivity (Wildman–Crippen MR) is 67.2 cm³/mol. The van der Waals surface area contributed by atoms with E-state index in [9.17, 15) is 0 Å². The Morgan fingerprint density at radius 1 is 1.07 bits per heavy atom. The number of likely N-dealkylation sites (N-methyl/N-ethyl adjacent to an activating group) is 1. The van der Waals surface area contributed by atoms with Gasteiger partial charge in [0.15, 0.2) is 0 Å². The highest BCUT2D eigenvalue weighted by molar-refractivity contribution is 4.80. The van der Waals surface area contributed by atoms with Gasteiger partial charge in [-0.1, -0.05) is 34.6 Å². The van der Waals surface area contributed by atoms with Gasteiger partial charge in [0.1, 0.15) is 0 Å². The lowest BCUT2D eigenvalue weighted by Crippen LogP contribution is -2.45. The molecular formula is C13H29NO. The van der Waals surface area contributed by atoms with E-state index in [1.165, 1.54) is 0 Å². The van der Waals surface area contributed by atoms with Gasteiger partial charge >= 0.3 is 0 Å². The second kappa shape index (κ2) is 8.12. The van der Waals surface area contributed by atoms with Gasteiger partial charge in [0.2, 0.25) is 0 Å². The minimum atomic E-state index is 0.356. The van der Waals surface area contributed by atoms with Crippen molar-refractivity contribution in [2.45, 2.75) is 60.1 Å². The summed E-state index contributed by atoms with van der Waals surface area (Å²) >= 11 is 0. The van der Waals surface area contributed by atoms with Gasteiger partial charge in [-0.2, -0.15) is 0 Å². The van der Waals surface area contributed by atoms with Crippen LogP contribution in [0.15, 0.2) is 0 Å². The summed E-state index contributed by atoms with van der Waals surface area (Å²) in [6.45, 7) is 15.1. The maximum absolute atomic E-state index is 5.87. The molecule has 15 heavy (non-hydrogen) atoms. The lowest BCUT2D eigenvalue weighted by molar-refractivity contribution is 0.00917. The molecule has 2 unspecified atom stereocenters. The maximum Gasteiger partial charge on any atom is 0.0732 e. The average Bonchev–Trinajstić information content (AvgIpc) is 2.12. The average molecular weight is 215 g/mol. The van der Waals surface area contributed by atoms with Gasteiger partial charge in [-0.25, -0.2) is 0 Å². The molecule has 0 amide bonds. The fraction of sp³-hybridized carbons (Fsp3) is 1.00. The van der Waals surface area contributed by atoms with Crippen LogP contribution in [-0.4, -0.2) is 25.3 Å². The summed E-state index contributed by atoms with van der Waals surface area (Å²) in [5.74, 6) is 1.32. The van der Waals surface area contributed by atoms with Gasteiger partial charge in [-0.15, -0.1) is 0 Å². The largest absolute Gasteiger partial charge is 0.377 e. The molecule has 2 atom stereocenters. The molecule has 0 aromatic rings. The van der Waals surface area contributed by atoms with Gasteiger partial charge in [-0.3, -0.25) is 0 Å². The smallest absolute Gasteiger partial charge is 0.0732 e. The number of nitrogens with one attached hydrogen (secondary N) is 1. The summed E-state index contributed by atoms with van der Waals surface area (Å²) in [5, 5.41) is 3.55. The zero-order valence-corrected chi connectivity index (χ0v) is 11.3. The van der Waals surface area contributed by atoms with Crippen molar-refractivity contribution in [3.8, 4) is 0 Å². The van der Waals surface area contributed by atoms with E-state index < -0.39 is 0 Å². The van der Waals surface area contributed by atoms with Crippen LogP contribution < -0.4 is 5.32 Å². The molecule has 2 heteroatoms. The molecular weight excluding hydrogens is 186 g/mol. The minimum absolute atomic E-state index is 0.356. The molecule has 0 saturated carbocycles. The molecule has 0 aliphatic carbocycles. The van der Waals surface area contributed by atoms with Crippen molar-refractivity contribution in [3.05, 3.63) is 0 Å². The predicted octanol–water partition coefficient (Wildman–Crippen LogP) is 3.07. The highest BCUT2D eigenvalue weighted by Crippen LogP contribution is 2.17. The van der Waals surface area contributed by atoms with Gasteiger partial charge < -0.3 is 10.1 Å². The van der Waals surface area contributed by atoms with Gasteiger partial charge in [0.05, 0.1) is 6.10 Å². The molecule has 0 heterocycles. The van der Waals surface area contributed by atoms with E-state index in [-0.39, 0.29) is 0 Å². The lowest BCUT2D eigenvalue weighted by Gasteiger charge is -2.31. The quantitative estimate of drug-likeness (QED) is 0.672. The summed E-state index contributed by atoms with van der Waals surface area (Å²) in [4.78, 5) is 0. The third-order valence-electron chi connectivity index (χ3n) is 2.64. The number of hydrogen-bond acceptors (Lipinski definition) is 2. The zero-order valence-electron chi connectivity index (χ0n) is 11.3. The molecule has 0 fully saturated rings. The molecule has 0 rings (SSSR count). The monoisotopic (exact) mass is 215 g/mol. The van der Waals surface area contributed by atoms with Crippen molar-refractivity contribution in [1.29, 1.82) is 0 Å². The molecule has 0 aliphatic rings. The third kappa shape index (κ3) is 6.16. The molecule has 0 aliphatic heterocycles. The molecule has 92 valence electrons. The fourth-order valence-corrected chi connectivity index (χ4v) is 2.03. The van der Waals surface area contributed by atoms with Crippen LogP contribution in [0.4, 0.5) is 0 Å².